The standard InChI is InChI=1S/C15H17NO2/c1-11(2)14(17)16(15(18)12(3)4)10-13-8-6-5-7-9-13/h5-9H,1,3,10H2,2,4H3. The van der Waals surface area contributed by atoms with E-state index in [0.717, 1.165) is 5.56 Å². The van der Waals surface area contributed by atoms with E-state index in [1.54, 1.807) is 13.8 Å². The van der Waals surface area contributed by atoms with Crippen molar-refractivity contribution in [2.24, 2.45) is 0 Å². The van der Waals surface area contributed by atoms with E-state index in [1.165, 1.54) is 4.90 Å². The number of amides is 2. The average Bonchev–Trinajstić information content (AvgIpc) is 2.35. The first-order chi connectivity index (χ1) is 8.43. The average molecular weight is 243 g/mol. The maximum absolute atomic E-state index is 12.0. The van der Waals surface area contributed by atoms with Crippen molar-refractivity contribution in [1.29, 1.82) is 0 Å². The lowest BCUT2D eigenvalue weighted by molar-refractivity contribution is -0.140. The minimum absolute atomic E-state index is 0.234. The lowest BCUT2D eigenvalue weighted by Crippen LogP contribution is -2.37. The predicted molar refractivity (Wildman–Crippen MR) is 71.6 cm³/mol. The summed E-state index contributed by atoms with van der Waals surface area (Å²) in [5, 5.41) is 0. The summed E-state index contributed by atoms with van der Waals surface area (Å²) in [6.45, 7) is 10.6. The highest BCUT2D eigenvalue weighted by atomic mass is 16.2. The van der Waals surface area contributed by atoms with Crippen molar-refractivity contribution in [3.8, 4) is 0 Å². The van der Waals surface area contributed by atoms with Crippen molar-refractivity contribution in [1.82, 2.24) is 4.90 Å². The first kappa shape index (κ1) is 13.9. The zero-order valence-electron chi connectivity index (χ0n) is 10.8. The summed E-state index contributed by atoms with van der Waals surface area (Å²) in [4.78, 5) is 25.1. The molecule has 3 nitrogen and oxygen atoms in total. The molecular formula is C15H17NO2. The van der Waals surface area contributed by atoms with Crippen LogP contribution in [0.2, 0.25) is 0 Å². The highest BCUT2D eigenvalue weighted by Gasteiger charge is 2.22. The van der Waals surface area contributed by atoms with Crippen LogP contribution < -0.4 is 0 Å². The van der Waals surface area contributed by atoms with Crippen molar-refractivity contribution in [3.63, 3.8) is 0 Å². The van der Waals surface area contributed by atoms with Crippen molar-refractivity contribution >= 4 is 11.8 Å². The minimum Gasteiger partial charge on any atom is -0.271 e. The van der Waals surface area contributed by atoms with E-state index >= 15 is 0 Å². The maximum atomic E-state index is 12.0. The van der Waals surface area contributed by atoms with E-state index in [-0.39, 0.29) is 18.4 Å². The van der Waals surface area contributed by atoms with Gasteiger partial charge in [0.05, 0.1) is 6.54 Å². The molecule has 0 atom stereocenters. The molecule has 94 valence electrons. The van der Waals surface area contributed by atoms with Crippen molar-refractivity contribution in [3.05, 3.63) is 60.2 Å². The molecule has 0 N–H and O–H groups in total. The van der Waals surface area contributed by atoms with Crippen LogP contribution in [0.5, 0.6) is 0 Å². The van der Waals surface area contributed by atoms with Crippen molar-refractivity contribution in [2.45, 2.75) is 20.4 Å². The van der Waals surface area contributed by atoms with Gasteiger partial charge in [0.25, 0.3) is 11.8 Å². The van der Waals surface area contributed by atoms with Gasteiger partial charge < -0.3 is 0 Å². The molecule has 3 heteroatoms. The Morgan fingerprint density at radius 2 is 1.44 bits per heavy atom. The van der Waals surface area contributed by atoms with Crippen LogP contribution in [0.4, 0.5) is 0 Å². The normalized spacial score (nSPS) is 9.67. The Bertz CT molecular complexity index is 462. The van der Waals surface area contributed by atoms with Crippen LogP contribution >= 0.6 is 0 Å². The van der Waals surface area contributed by atoms with Crippen LogP contribution in [0.3, 0.4) is 0 Å². The van der Waals surface area contributed by atoms with E-state index in [1.807, 2.05) is 30.3 Å². The summed E-state index contributed by atoms with van der Waals surface area (Å²) in [5.74, 6) is -0.737. The zero-order chi connectivity index (χ0) is 13.7. The minimum atomic E-state index is -0.369. The molecule has 0 fully saturated rings. The molecule has 2 amide bonds. The molecule has 0 bridgehead atoms. The molecule has 0 aliphatic rings. The number of rotatable bonds is 4. The Hall–Kier alpha value is -2.16. The molecule has 0 saturated carbocycles. The SMILES string of the molecule is C=C(C)C(=O)N(Cc1ccccc1)C(=O)C(=C)C. The molecule has 1 rings (SSSR count). The number of nitrogens with zero attached hydrogens (tertiary/aromatic N) is 1. The van der Waals surface area contributed by atoms with E-state index in [9.17, 15) is 9.59 Å². The van der Waals surface area contributed by atoms with Gasteiger partial charge in [-0.2, -0.15) is 0 Å². The largest absolute Gasteiger partial charge is 0.271 e. The van der Waals surface area contributed by atoms with Crippen LogP contribution in [-0.2, 0) is 16.1 Å². The molecule has 0 saturated heterocycles. The van der Waals surface area contributed by atoms with E-state index in [4.69, 9.17) is 0 Å². The fourth-order valence-corrected chi connectivity index (χ4v) is 1.46. The van der Waals surface area contributed by atoms with Gasteiger partial charge in [0.15, 0.2) is 0 Å². The third-order valence-corrected chi connectivity index (χ3v) is 2.40. The monoisotopic (exact) mass is 243 g/mol. The van der Waals surface area contributed by atoms with E-state index in [2.05, 4.69) is 13.2 Å². The third-order valence-electron chi connectivity index (χ3n) is 2.40. The highest BCUT2D eigenvalue weighted by molar-refractivity contribution is 6.08. The van der Waals surface area contributed by atoms with Gasteiger partial charge in [0.2, 0.25) is 0 Å². The van der Waals surface area contributed by atoms with Gasteiger partial charge in [-0.15, -0.1) is 0 Å². The zero-order valence-corrected chi connectivity index (χ0v) is 10.8. The Kier molecular flexibility index (Phi) is 4.60. The topological polar surface area (TPSA) is 37.4 Å². The molecule has 0 aliphatic carbocycles. The van der Waals surface area contributed by atoms with Gasteiger partial charge in [-0.1, -0.05) is 43.5 Å². The van der Waals surface area contributed by atoms with Gasteiger partial charge in [-0.05, 0) is 19.4 Å². The summed E-state index contributed by atoms with van der Waals surface area (Å²) in [6, 6.07) is 9.35. The third kappa shape index (κ3) is 3.42. The molecule has 0 heterocycles. The van der Waals surface area contributed by atoms with Gasteiger partial charge in [-0.3, -0.25) is 14.5 Å². The Balaban J connectivity index is 2.99. The summed E-state index contributed by atoms with van der Waals surface area (Å²) in [6.07, 6.45) is 0. The first-order valence-electron chi connectivity index (χ1n) is 5.64. The van der Waals surface area contributed by atoms with Crippen LogP contribution in [0.25, 0.3) is 0 Å². The number of carbonyl (C=O) groups is 2. The predicted octanol–water partition coefficient (Wildman–Crippen LogP) is 2.69. The second-order valence-corrected chi connectivity index (χ2v) is 4.24. The van der Waals surface area contributed by atoms with E-state index in [0.29, 0.717) is 11.1 Å². The highest BCUT2D eigenvalue weighted by Crippen LogP contribution is 2.11. The molecule has 1 aromatic rings. The Labute approximate surface area is 107 Å². The van der Waals surface area contributed by atoms with Crippen LogP contribution in [0.15, 0.2) is 54.6 Å². The molecular weight excluding hydrogens is 226 g/mol. The van der Waals surface area contributed by atoms with Crippen molar-refractivity contribution in [2.75, 3.05) is 0 Å². The van der Waals surface area contributed by atoms with Gasteiger partial charge in [0, 0.05) is 11.1 Å². The Morgan fingerprint density at radius 1 is 1.00 bits per heavy atom. The second kappa shape index (κ2) is 5.96. The van der Waals surface area contributed by atoms with Crippen LogP contribution in [-0.4, -0.2) is 16.7 Å². The summed E-state index contributed by atoms with van der Waals surface area (Å²) in [7, 11) is 0. The molecule has 0 aliphatic heterocycles. The number of carbonyl (C=O) groups excluding carboxylic acids is 2. The van der Waals surface area contributed by atoms with Crippen LogP contribution in [0.1, 0.15) is 19.4 Å². The first-order valence-corrected chi connectivity index (χ1v) is 5.64. The van der Waals surface area contributed by atoms with Gasteiger partial charge >= 0.3 is 0 Å². The summed E-state index contributed by atoms with van der Waals surface area (Å²) >= 11 is 0. The quantitative estimate of drug-likeness (QED) is 0.762. The number of benzene rings is 1. The second-order valence-electron chi connectivity index (χ2n) is 4.24. The van der Waals surface area contributed by atoms with Gasteiger partial charge in [-0.25, -0.2) is 0 Å². The molecule has 0 aromatic heterocycles. The summed E-state index contributed by atoms with van der Waals surface area (Å²) in [5.41, 5.74) is 1.56. The van der Waals surface area contributed by atoms with Crippen molar-refractivity contribution < 1.29 is 9.59 Å². The fraction of sp³-hybridized carbons (Fsp3) is 0.200. The molecule has 1 aromatic carbocycles. The van der Waals surface area contributed by atoms with E-state index < -0.39 is 0 Å². The smallest absolute Gasteiger partial charge is 0.256 e. The van der Waals surface area contributed by atoms with Crippen LogP contribution in [0, 0.1) is 0 Å². The lowest BCUT2D eigenvalue weighted by Gasteiger charge is -2.21. The lowest BCUT2D eigenvalue weighted by atomic mass is 10.1. The molecule has 0 radical (unpaired) electrons. The number of hydrogen-bond donors (Lipinski definition) is 0. The fourth-order valence-electron chi connectivity index (χ4n) is 1.46. The molecule has 18 heavy (non-hydrogen) atoms. The van der Waals surface area contributed by atoms with Gasteiger partial charge in [0.1, 0.15) is 0 Å². The summed E-state index contributed by atoms with van der Waals surface area (Å²) < 4.78 is 0. The Morgan fingerprint density at radius 3 is 1.83 bits per heavy atom. The number of imide groups is 1. The maximum Gasteiger partial charge on any atom is 0.256 e. The molecule has 0 spiro atoms. The number of hydrogen-bond acceptors (Lipinski definition) is 2. The molecule has 0 unspecified atom stereocenters.